The Kier molecular flexibility index (Phi) is 5.52. The van der Waals surface area contributed by atoms with Gasteiger partial charge in [-0.05, 0) is 42.0 Å². The van der Waals surface area contributed by atoms with Gasteiger partial charge in [0, 0.05) is 11.6 Å². The molecule has 0 atom stereocenters. The van der Waals surface area contributed by atoms with Crippen molar-refractivity contribution in [1.82, 2.24) is 0 Å². The number of ether oxygens (including phenoxy) is 1. The first-order valence-corrected chi connectivity index (χ1v) is 10.6. The fourth-order valence-corrected chi connectivity index (χ4v) is 3.98. The Bertz CT molecular complexity index is 1360. The van der Waals surface area contributed by atoms with Gasteiger partial charge in [0.05, 0.1) is 4.92 Å². The van der Waals surface area contributed by atoms with E-state index < -0.39 is 31.6 Å². The lowest BCUT2D eigenvalue weighted by Gasteiger charge is -2.07. The molecule has 4 rings (SSSR count). The Morgan fingerprint density at radius 2 is 1.59 bits per heavy atom. The molecule has 1 aliphatic rings. The maximum absolute atomic E-state index is 12.5. The van der Waals surface area contributed by atoms with Crippen LogP contribution in [0.15, 0.2) is 94.4 Å². The van der Waals surface area contributed by atoms with Gasteiger partial charge in [-0.2, -0.15) is 8.42 Å². The summed E-state index contributed by atoms with van der Waals surface area (Å²) < 4.78 is 35.2. The number of benzene rings is 3. The molecule has 32 heavy (non-hydrogen) atoms. The fourth-order valence-electron chi connectivity index (χ4n) is 2.88. The molecule has 0 fully saturated rings. The second-order valence-corrected chi connectivity index (χ2v) is 8.05. The number of para-hydroxylation sites is 1. The Labute approximate surface area is 182 Å². The molecule has 3 aromatic carbocycles. The lowest BCUT2D eigenvalue weighted by Crippen LogP contribution is -2.11. The number of hydrogen-bond acceptors (Lipinski definition) is 8. The largest absolute Gasteiger partial charge is 0.402 e. The highest BCUT2D eigenvalue weighted by molar-refractivity contribution is 7.87. The van der Waals surface area contributed by atoms with E-state index in [4.69, 9.17) is 8.92 Å². The summed E-state index contributed by atoms with van der Waals surface area (Å²) in [6, 6.07) is 19.6. The molecule has 1 aliphatic heterocycles. The Balaban J connectivity index is 1.55. The second-order valence-electron chi connectivity index (χ2n) is 6.53. The van der Waals surface area contributed by atoms with Gasteiger partial charge in [0.1, 0.15) is 5.75 Å². The van der Waals surface area contributed by atoms with Crippen LogP contribution in [-0.2, 0) is 19.6 Å². The normalized spacial score (nSPS) is 14.7. The van der Waals surface area contributed by atoms with Gasteiger partial charge in [-0.15, -0.1) is 0 Å². The number of carbonyl (C=O) groups is 1. The zero-order chi connectivity index (χ0) is 22.7. The van der Waals surface area contributed by atoms with E-state index in [1.165, 1.54) is 42.5 Å². The van der Waals surface area contributed by atoms with Crippen molar-refractivity contribution in [3.63, 3.8) is 0 Å². The van der Waals surface area contributed by atoms with Gasteiger partial charge < -0.3 is 8.92 Å². The van der Waals surface area contributed by atoms with Gasteiger partial charge in [-0.25, -0.2) is 9.79 Å². The van der Waals surface area contributed by atoms with Crippen LogP contribution in [0.4, 0.5) is 5.69 Å². The minimum atomic E-state index is -4.42. The molecular formula is C22H14N2O7S. The van der Waals surface area contributed by atoms with Crippen molar-refractivity contribution in [3.05, 3.63) is 106 Å². The van der Waals surface area contributed by atoms with Crippen molar-refractivity contribution in [2.45, 2.75) is 4.90 Å². The van der Waals surface area contributed by atoms with E-state index in [-0.39, 0.29) is 17.3 Å². The van der Waals surface area contributed by atoms with Crippen molar-refractivity contribution in [2.75, 3.05) is 0 Å². The van der Waals surface area contributed by atoms with Crippen LogP contribution < -0.4 is 4.18 Å². The number of carbonyl (C=O) groups excluding carboxylic acids is 1. The number of hydrogen-bond donors (Lipinski definition) is 0. The number of aliphatic imine (C=N–C) groups is 1. The van der Waals surface area contributed by atoms with Crippen LogP contribution in [0.5, 0.6) is 5.75 Å². The maximum atomic E-state index is 12.5. The molecule has 10 heteroatoms. The number of cyclic esters (lactones) is 1. The highest BCUT2D eigenvalue weighted by atomic mass is 32.2. The minimum absolute atomic E-state index is 0.0484. The Morgan fingerprint density at radius 3 is 2.28 bits per heavy atom. The van der Waals surface area contributed by atoms with Crippen LogP contribution >= 0.6 is 0 Å². The predicted octanol–water partition coefficient (Wildman–Crippen LogP) is 3.71. The average molecular weight is 450 g/mol. The lowest BCUT2D eigenvalue weighted by atomic mass is 10.2. The first-order chi connectivity index (χ1) is 15.3. The molecule has 1 heterocycles. The third kappa shape index (κ3) is 4.40. The highest BCUT2D eigenvalue weighted by Crippen LogP contribution is 2.27. The first-order valence-electron chi connectivity index (χ1n) is 9.19. The molecule has 0 bridgehead atoms. The zero-order valence-corrected chi connectivity index (χ0v) is 17.1. The first kappa shape index (κ1) is 20.9. The molecule has 160 valence electrons. The van der Waals surface area contributed by atoms with Gasteiger partial charge in [-0.1, -0.05) is 42.5 Å². The summed E-state index contributed by atoms with van der Waals surface area (Å²) in [5.74, 6) is -0.465. The number of esters is 1. The summed E-state index contributed by atoms with van der Waals surface area (Å²) >= 11 is 0. The summed E-state index contributed by atoms with van der Waals surface area (Å²) in [5, 5.41) is 11.1. The molecule has 9 nitrogen and oxygen atoms in total. The van der Waals surface area contributed by atoms with Gasteiger partial charge in [-0.3, -0.25) is 10.1 Å². The van der Waals surface area contributed by atoms with Crippen molar-refractivity contribution < 1.29 is 27.1 Å². The van der Waals surface area contributed by atoms with E-state index in [9.17, 15) is 23.3 Å². The van der Waals surface area contributed by atoms with Crippen LogP contribution in [0.2, 0.25) is 0 Å². The molecule has 3 aromatic rings. The summed E-state index contributed by atoms with van der Waals surface area (Å²) in [5.41, 5.74) is 0.712. The SMILES string of the molecule is O=C1OC(c2ccccc2)=N/C1=C/c1ccc(OS(=O)(=O)c2ccccc2[N+](=O)[O-])cc1. The van der Waals surface area contributed by atoms with Gasteiger partial charge in [0.25, 0.3) is 5.69 Å². The van der Waals surface area contributed by atoms with E-state index in [2.05, 4.69) is 4.99 Å². The smallest absolute Gasteiger partial charge is 0.363 e. The average Bonchev–Trinajstić information content (AvgIpc) is 3.15. The molecule has 0 unspecified atom stereocenters. The number of nitro benzene ring substituents is 1. The van der Waals surface area contributed by atoms with Crippen LogP contribution in [0.1, 0.15) is 11.1 Å². The predicted molar refractivity (Wildman–Crippen MR) is 114 cm³/mol. The van der Waals surface area contributed by atoms with Gasteiger partial charge in [0.15, 0.2) is 10.6 Å². The van der Waals surface area contributed by atoms with Gasteiger partial charge in [0.2, 0.25) is 5.90 Å². The van der Waals surface area contributed by atoms with Crippen LogP contribution in [0, 0.1) is 10.1 Å². The summed E-state index contributed by atoms with van der Waals surface area (Å²) in [7, 11) is -4.42. The monoisotopic (exact) mass is 450 g/mol. The van der Waals surface area contributed by atoms with Crippen LogP contribution in [-0.4, -0.2) is 25.2 Å². The highest BCUT2D eigenvalue weighted by Gasteiger charge is 2.27. The van der Waals surface area contributed by atoms with E-state index in [0.717, 1.165) is 12.1 Å². The lowest BCUT2D eigenvalue weighted by molar-refractivity contribution is -0.387. The molecule has 0 aromatic heterocycles. The molecule has 0 saturated carbocycles. The van der Waals surface area contributed by atoms with Crippen molar-refractivity contribution in [2.24, 2.45) is 4.99 Å². The standard InChI is InChI=1S/C22H14N2O7S/c25-22-18(23-21(30-22)16-6-2-1-3-7-16)14-15-10-12-17(13-11-15)31-32(28,29)20-9-5-4-8-19(20)24(26)27/h1-14H/b18-14+. The number of rotatable bonds is 6. The minimum Gasteiger partial charge on any atom is -0.402 e. The van der Waals surface area contributed by atoms with Crippen molar-refractivity contribution in [3.8, 4) is 5.75 Å². The molecule has 0 amide bonds. The molecule has 0 aliphatic carbocycles. The van der Waals surface area contributed by atoms with E-state index >= 15 is 0 Å². The summed E-state index contributed by atoms with van der Waals surface area (Å²) in [4.78, 5) is 26.1. The zero-order valence-electron chi connectivity index (χ0n) is 16.2. The van der Waals surface area contributed by atoms with E-state index in [0.29, 0.717) is 11.1 Å². The van der Waals surface area contributed by atoms with E-state index in [1.54, 1.807) is 24.3 Å². The van der Waals surface area contributed by atoms with Crippen LogP contribution in [0.25, 0.3) is 6.08 Å². The summed E-state index contributed by atoms with van der Waals surface area (Å²) in [6.45, 7) is 0. The topological polar surface area (TPSA) is 125 Å². The van der Waals surface area contributed by atoms with Gasteiger partial charge >= 0.3 is 16.1 Å². The fraction of sp³-hybridized carbons (Fsp3) is 0. The molecule has 0 spiro atoms. The molecule has 0 saturated heterocycles. The molecular weight excluding hydrogens is 436 g/mol. The quantitative estimate of drug-likeness (QED) is 0.184. The number of nitro groups is 1. The Morgan fingerprint density at radius 1 is 0.938 bits per heavy atom. The Hall–Kier alpha value is -4.31. The van der Waals surface area contributed by atoms with Crippen molar-refractivity contribution >= 4 is 33.7 Å². The number of nitrogens with zero attached hydrogens (tertiary/aromatic N) is 2. The third-order valence-electron chi connectivity index (χ3n) is 4.36. The maximum Gasteiger partial charge on any atom is 0.363 e. The molecule has 0 N–H and O–H groups in total. The third-order valence-corrected chi connectivity index (χ3v) is 5.66. The summed E-state index contributed by atoms with van der Waals surface area (Å²) in [6.07, 6.45) is 1.48. The molecule has 0 radical (unpaired) electrons. The second kappa shape index (κ2) is 8.44. The van der Waals surface area contributed by atoms with Crippen LogP contribution in [0.3, 0.4) is 0 Å². The van der Waals surface area contributed by atoms with E-state index in [1.807, 2.05) is 6.07 Å². The van der Waals surface area contributed by atoms with Crippen molar-refractivity contribution in [1.29, 1.82) is 0 Å².